The zero-order chi connectivity index (χ0) is 4.50. The molecule has 0 bridgehead atoms. The summed E-state index contributed by atoms with van der Waals surface area (Å²) in [5.41, 5.74) is 0. The van der Waals surface area contributed by atoms with Crippen LogP contribution in [0.2, 0.25) is 0 Å². The van der Waals surface area contributed by atoms with Gasteiger partial charge in [-0.3, -0.25) is 4.70 Å². The molecule has 9 heavy (non-hydrogen) atoms. The van der Waals surface area contributed by atoms with Crippen molar-refractivity contribution >= 4 is 91.0 Å². The van der Waals surface area contributed by atoms with E-state index >= 15 is 0 Å². The molecule has 0 unspecified atom stereocenters. The average Bonchev–Trinajstić information content (AvgIpc) is 0.722. The van der Waals surface area contributed by atoms with E-state index in [1.54, 1.807) is 0 Å². The molecule has 0 spiro atoms. The van der Waals surface area contributed by atoms with Gasteiger partial charge in [0.15, 0.2) is 0 Å². The number of rotatable bonds is 0. The fourth-order valence-electron chi connectivity index (χ4n) is 0. The molecule has 0 aromatic rings. The minimum atomic E-state index is -4.64. The molecule has 0 rings (SSSR count). The average molecular weight is 268 g/mol. The fraction of sp³-hybridized carbons (Fsp3) is 0. The van der Waals surface area contributed by atoms with Gasteiger partial charge in [0.2, 0.25) is 0 Å². The van der Waals surface area contributed by atoms with Crippen LogP contribution in [0.25, 0.3) is 0 Å². The third-order valence-corrected chi connectivity index (χ3v) is 0. The van der Waals surface area contributed by atoms with Crippen LogP contribution in [0.4, 0.5) is 4.70 Å². The standard InChI is InChI=1S/Ca.FH.H3O4P.H2O.Sr.4H/c;;1-5(2,3)4;;;;;;/h;1H;(H3,1,2,3,4);1H2;;;;;. The van der Waals surface area contributed by atoms with Gasteiger partial charge in [-0.1, -0.05) is 0 Å². The van der Waals surface area contributed by atoms with Crippen molar-refractivity contribution < 1.29 is 29.4 Å². The predicted molar refractivity (Wildman–Crippen MR) is 37.5 cm³/mol. The van der Waals surface area contributed by atoms with Crippen LogP contribution in [0.3, 0.4) is 0 Å². The first-order valence-electron chi connectivity index (χ1n) is 0.783. The van der Waals surface area contributed by atoms with Crippen molar-refractivity contribution in [1.82, 2.24) is 0 Å². The maximum atomic E-state index is 8.88. The zero-order valence-corrected chi connectivity index (χ0v) is 4.00. The molecule has 9 heteroatoms. The number of halogens is 1. The van der Waals surface area contributed by atoms with Crippen LogP contribution in [-0.2, 0) is 4.57 Å². The number of phosphoric acid groups is 1. The van der Waals surface area contributed by atoms with Crippen LogP contribution >= 0.6 is 7.82 Å². The minimum absolute atomic E-state index is 0. The molecule has 0 aliphatic heterocycles. The van der Waals surface area contributed by atoms with E-state index in [9.17, 15) is 0 Å². The molecule has 0 aliphatic carbocycles. The van der Waals surface area contributed by atoms with Crippen molar-refractivity contribution in [3.8, 4) is 0 Å². The second-order valence-electron chi connectivity index (χ2n) is 0.513. The SMILES string of the molecule is F.O.O=P(O)(O)O.[CaH2].[SrH2]. The first kappa shape index (κ1) is 29.8. The molecule has 0 heterocycles. The first-order valence-corrected chi connectivity index (χ1v) is 2.35. The van der Waals surface area contributed by atoms with Crippen LogP contribution in [0.1, 0.15) is 0 Å². The summed E-state index contributed by atoms with van der Waals surface area (Å²) in [7, 11) is -4.64. The Morgan fingerprint density at radius 3 is 1.11 bits per heavy atom. The van der Waals surface area contributed by atoms with Gasteiger partial charge < -0.3 is 20.2 Å². The van der Waals surface area contributed by atoms with E-state index in [-0.39, 0.29) is 93.4 Å². The predicted octanol–water partition coefficient (Wildman–Crippen LogP) is -3.43. The van der Waals surface area contributed by atoms with Crippen LogP contribution in [0.5, 0.6) is 0 Å². The molecule has 0 radical (unpaired) electrons. The second-order valence-corrected chi connectivity index (χ2v) is 1.54. The van der Waals surface area contributed by atoms with E-state index < -0.39 is 7.82 Å². The van der Waals surface area contributed by atoms with Gasteiger partial charge in [0.1, 0.15) is 0 Å². The van der Waals surface area contributed by atoms with Gasteiger partial charge in [0, 0.05) is 0 Å². The number of hydrogen-bond donors (Lipinski definition) is 3. The van der Waals surface area contributed by atoms with E-state index in [2.05, 4.69) is 0 Å². The summed E-state index contributed by atoms with van der Waals surface area (Å²) in [5.74, 6) is 0. The summed E-state index contributed by atoms with van der Waals surface area (Å²) in [6.07, 6.45) is 0. The molecule has 5 N–H and O–H groups in total. The maximum absolute atomic E-state index is 8.88. The zero-order valence-electron chi connectivity index (χ0n) is 3.11. The molecule has 0 saturated heterocycles. The Labute approximate surface area is 118 Å². The summed E-state index contributed by atoms with van der Waals surface area (Å²) >= 11 is 0. The van der Waals surface area contributed by atoms with Crippen molar-refractivity contribution in [3.63, 3.8) is 0 Å². The van der Waals surface area contributed by atoms with Gasteiger partial charge in [-0.25, -0.2) is 4.57 Å². The van der Waals surface area contributed by atoms with Gasteiger partial charge in [0.05, 0.1) is 0 Å². The van der Waals surface area contributed by atoms with Crippen molar-refractivity contribution in [2.24, 2.45) is 0 Å². The van der Waals surface area contributed by atoms with Crippen LogP contribution < -0.4 is 0 Å². The van der Waals surface area contributed by atoms with Crippen LogP contribution in [-0.4, -0.2) is 103 Å². The molecular formula is H10CaFO5PSr. The topological polar surface area (TPSA) is 109 Å². The van der Waals surface area contributed by atoms with E-state index in [4.69, 9.17) is 19.2 Å². The van der Waals surface area contributed by atoms with Gasteiger partial charge in [-0.2, -0.15) is 0 Å². The van der Waals surface area contributed by atoms with E-state index in [1.165, 1.54) is 0 Å². The molecule has 0 atom stereocenters. The summed E-state index contributed by atoms with van der Waals surface area (Å²) in [6, 6.07) is 0. The van der Waals surface area contributed by atoms with Crippen LogP contribution in [0.15, 0.2) is 0 Å². The Hall–Kier alpha value is 2.74. The summed E-state index contributed by atoms with van der Waals surface area (Å²) in [4.78, 5) is 21.6. The molecule has 0 aromatic carbocycles. The molecule has 0 aliphatic rings. The molecule has 0 saturated carbocycles. The molecule has 0 amide bonds. The Kier molecular flexibility index (Phi) is 44.2. The van der Waals surface area contributed by atoms with Gasteiger partial charge in [-0.05, 0) is 0 Å². The van der Waals surface area contributed by atoms with Gasteiger partial charge >= 0.3 is 91.0 Å². The van der Waals surface area contributed by atoms with Crippen LogP contribution in [0, 0.1) is 0 Å². The van der Waals surface area contributed by atoms with Crippen molar-refractivity contribution in [1.29, 1.82) is 0 Å². The third kappa shape index (κ3) is 109. The van der Waals surface area contributed by atoms with Gasteiger partial charge in [0.25, 0.3) is 0 Å². The van der Waals surface area contributed by atoms with Gasteiger partial charge in [-0.15, -0.1) is 0 Å². The summed E-state index contributed by atoms with van der Waals surface area (Å²) < 4.78 is 8.88. The number of hydrogen-bond acceptors (Lipinski definition) is 1. The Morgan fingerprint density at radius 1 is 1.11 bits per heavy atom. The quantitative estimate of drug-likeness (QED) is 0.313. The fourth-order valence-corrected chi connectivity index (χ4v) is 0. The van der Waals surface area contributed by atoms with Crippen molar-refractivity contribution in [3.05, 3.63) is 0 Å². The van der Waals surface area contributed by atoms with Crippen molar-refractivity contribution in [2.45, 2.75) is 0 Å². The Balaban J connectivity index is -0.0000000133. The summed E-state index contributed by atoms with van der Waals surface area (Å²) in [6.45, 7) is 0. The van der Waals surface area contributed by atoms with E-state index in [0.29, 0.717) is 0 Å². The monoisotopic (exact) mass is 268 g/mol. The first-order chi connectivity index (χ1) is 2.00. The van der Waals surface area contributed by atoms with Crippen molar-refractivity contribution in [2.75, 3.05) is 0 Å². The summed E-state index contributed by atoms with van der Waals surface area (Å²) in [5, 5.41) is 0. The molecular weight excluding hydrogens is 258 g/mol. The Morgan fingerprint density at radius 2 is 1.11 bits per heavy atom. The normalized spacial score (nSPS) is 6.56. The second kappa shape index (κ2) is 13.3. The van der Waals surface area contributed by atoms with E-state index in [1.807, 2.05) is 0 Å². The Bertz CT molecular complexity index is 63.1. The molecule has 5 nitrogen and oxygen atoms in total. The van der Waals surface area contributed by atoms with E-state index in [0.717, 1.165) is 0 Å². The molecule has 0 fully saturated rings. The molecule has 56 valence electrons. The third-order valence-electron chi connectivity index (χ3n) is 0. The molecule has 0 aromatic heterocycles.